The normalized spacial score (nSPS) is 13.8. The molecule has 0 heterocycles. The third kappa shape index (κ3) is 5.96. The molecule has 0 spiro atoms. The molecule has 0 bridgehead atoms. The molecular formula is C17H26NO6P. The minimum absolute atomic E-state index is 0.0510. The van der Waals surface area contributed by atoms with Gasteiger partial charge in [0.2, 0.25) is 0 Å². The summed E-state index contributed by atoms with van der Waals surface area (Å²) in [6.45, 7) is 3.81. The molecule has 1 aromatic rings. The Bertz CT molecular complexity index is 623. The highest BCUT2D eigenvalue weighted by Gasteiger charge is 2.27. The Labute approximate surface area is 148 Å². The molecule has 0 saturated heterocycles. The Kier molecular flexibility index (Phi) is 8.29. The number of carbonyl (C=O) groups is 2. The van der Waals surface area contributed by atoms with Crippen LogP contribution < -0.4 is 5.32 Å². The maximum Gasteiger partial charge on any atom is 0.334 e. The topological polar surface area (TPSA) is 90.9 Å². The first-order chi connectivity index (χ1) is 11.8. The Hall–Kier alpha value is -1.69. The van der Waals surface area contributed by atoms with E-state index in [2.05, 4.69) is 5.32 Å². The van der Waals surface area contributed by atoms with Crippen molar-refractivity contribution in [2.24, 2.45) is 5.92 Å². The SMILES string of the molecule is CC[C@H](C)[C@@H](NC(=O)c1ccc(CP(=O)(OC)OC)cc1)C(=O)OC. The lowest BCUT2D eigenvalue weighted by atomic mass is 9.98. The highest BCUT2D eigenvalue weighted by molar-refractivity contribution is 7.52. The third-order valence-electron chi connectivity index (χ3n) is 4.10. The van der Waals surface area contributed by atoms with Gasteiger partial charge in [0.05, 0.1) is 13.3 Å². The van der Waals surface area contributed by atoms with Gasteiger partial charge in [0.15, 0.2) is 0 Å². The molecule has 0 aliphatic rings. The summed E-state index contributed by atoms with van der Waals surface area (Å²) >= 11 is 0. The molecule has 0 radical (unpaired) electrons. The Morgan fingerprint density at radius 1 is 1.12 bits per heavy atom. The molecular weight excluding hydrogens is 345 g/mol. The monoisotopic (exact) mass is 371 g/mol. The van der Waals surface area contributed by atoms with E-state index in [-0.39, 0.29) is 18.0 Å². The van der Waals surface area contributed by atoms with Crippen molar-refractivity contribution in [3.05, 3.63) is 35.4 Å². The van der Waals surface area contributed by atoms with Crippen LogP contribution in [0.2, 0.25) is 0 Å². The average molecular weight is 371 g/mol. The van der Waals surface area contributed by atoms with Crippen molar-refractivity contribution in [2.75, 3.05) is 21.3 Å². The Balaban J connectivity index is 2.85. The number of methoxy groups -OCH3 is 1. The van der Waals surface area contributed by atoms with Crippen LogP contribution in [-0.2, 0) is 29.3 Å². The van der Waals surface area contributed by atoms with Gasteiger partial charge in [-0.05, 0) is 23.6 Å². The lowest BCUT2D eigenvalue weighted by Gasteiger charge is -2.22. The van der Waals surface area contributed by atoms with Crippen LogP contribution in [0.5, 0.6) is 0 Å². The summed E-state index contributed by atoms with van der Waals surface area (Å²) in [6, 6.07) is 5.85. The van der Waals surface area contributed by atoms with Gasteiger partial charge in [0.1, 0.15) is 6.04 Å². The van der Waals surface area contributed by atoms with Crippen molar-refractivity contribution in [1.82, 2.24) is 5.32 Å². The molecule has 140 valence electrons. The van der Waals surface area contributed by atoms with Crippen molar-refractivity contribution in [3.8, 4) is 0 Å². The van der Waals surface area contributed by atoms with Crippen LogP contribution in [0, 0.1) is 5.92 Å². The number of nitrogens with one attached hydrogen (secondary N) is 1. The molecule has 1 aromatic carbocycles. The second kappa shape index (κ2) is 9.70. The molecule has 0 aliphatic carbocycles. The predicted molar refractivity (Wildman–Crippen MR) is 94.5 cm³/mol. The van der Waals surface area contributed by atoms with Crippen LogP contribution in [-0.4, -0.2) is 39.2 Å². The van der Waals surface area contributed by atoms with Crippen LogP contribution in [0.1, 0.15) is 36.2 Å². The molecule has 1 amide bonds. The maximum atomic E-state index is 12.4. The predicted octanol–water partition coefficient (Wildman–Crippen LogP) is 2.99. The number of esters is 1. The van der Waals surface area contributed by atoms with Gasteiger partial charge in [0.25, 0.3) is 5.91 Å². The molecule has 0 unspecified atom stereocenters. The molecule has 2 atom stereocenters. The van der Waals surface area contributed by atoms with Gasteiger partial charge in [-0.3, -0.25) is 9.36 Å². The number of benzene rings is 1. The smallest absolute Gasteiger partial charge is 0.334 e. The van der Waals surface area contributed by atoms with Crippen molar-refractivity contribution in [1.29, 1.82) is 0 Å². The maximum absolute atomic E-state index is 12.4. The fraction of sp³-hybridized carbons (Fsp3) is 0.529. The van der Waals surface area contributed by atoms with Gasteiger partial charge >= 0.3 is 13.6 Å². The second-order valence-corrected chi connectivity index (χ2v) is 7.96. The summed E-state index contributed by atoms with van der Waals surface area (Å²) in [5, 5.41) is 2.71. The van der Waals surface area contributed by atoms with Gasteiger partial charge in [-0.15, -0.1) is 0 Å². The summed E-state index contributed by atoms with van der Waals surface area (Å²) in [6.07, 6.45) is 0.835. The zero-order valence-corrected chi connectivity index (χ0v) is 16.2. The lowest BCUT2D eigenvalue weighted by Crippen LogP contribution is -2.45. The van der Waals surface area contributed by atoms with Crippen molar-refractivity contribution in [2.45, 2.75) is 32.5 Å². The first-order valence-corrected chi connectivity index (χ1v) is 9.71. The van der Waals surface area contributed by atoms with Crippen LogP contribution >= 0.6 is 7.60 Å². The van der Waals surface area contributed by atoms with E-state index in [1.54, 1.807) is 24.3 Å². The largest absolute Gasteiger partial charge is 0.467 e. The van der Waals surface area contributed by atoms with Crippen molar-refractivity contribution >= 4 is 19.5 Å². The zero-order valence-electron chi connectivity index (χ0n) is 15.3. The summed E-state index contributed by atoms with van der Waals surface area (Å²) < 4.78 is 26.7. The Morgan fingerprint density at radius 3 is 2.12 bits per heavy atom. The van der Waals surface area contributed by atoms with Crippen LogP contribution in [0.25, 0.3) is 0 Å². The molecule has 0 aliphatic heterocycles. The molecule has 0 saturated carbocycles. The summed E-state index contributed by atoms with van der Waals surface area (Å²) in [5.74, 6) is -0.894. The summed E-state index contributed by atoms with van der Waals surface area (Å²) in [5.41, 5.74) is 1.11. The number of hydrogen-bond donors (Lipinski definition) is 1. The van der Waals surface area contributed by atoms with Gasteiger partial charge in [-0.1, -0.05) is 32.4 Å². The van der Waals surface area contributed by atoms with Crippen LogP contribution in [0.3, 0.4) is 0 Å². The zero-order chi connectivity index (χ0) is 19.0. The van der Waals surface area contributed by atoms with E-state index >= 15 is 0 Å². The first-order valence-electron chi connectivity index (χ1n) is 7.98. The second-order valence-electron chi connectivity index (χ2n) is 5.69. The molecule has 8 heteroatoms. The minimum Gasteiger partial charge on any atom is -0.467 e. The molecule has 25 heavy (non-hydrogen) atoms. The van der Waals surface area contributed by atoms with Gasteiger partial charge in [-0.2, -0.15) is 0 Å². The molecule has 1 rings (SSSR count). The van der Waals surface area contributed by atoms with Gasteiger partial charge < -0.3 is 19.1 Å². The highest BCUT2D eigenvalue weighted by atomic mass is 31.2. The third-order valence-corrected chi connectivity index (χ3v) is 5.97. The van der Waals surface area contributed by atoms with Crippen LogP contribution in [0.4, 0.5) is 0 Å². The fourth-order valence-electron chi connectivity index (χ4n) is 2.21. The van der Waals surface area contributed by atoms with E-state index in [1.807, 2.05) is 13.8 Å². The first kappa shape index (κ1) is 21.4. The van der Waals surface area contributed by atoms with E-state index < -0.39 is 19.6 Å². The number of ether oxygens (including phenoxy) is 1. The van der Waals surface area contributed by atoms with Crippen molar-refractivity contribution in [3.63, 3.8) is 0 Å². The summed E-state index contributed by atoms with van der Waals surface area (Å²) in [7, 11) is 0.788. The lowest BCUT2D eigenvalue weighted by molar-refractivity contribution is -0.144. The van der Waals surface area contributed by atoms with E-state index in [4.69, 9.17) is 13.8 Å². The average Bonchev–Trinajstić information content (AvgIpc) is 2.65. The molecule has 7 nitrogen and oxygen atoms in total. The highest BCUT2D eigenvalue weighted by Crippen LogP contribution is 2.49. The molecule has 1 N–H and O–H groups in total. The minimum atomic E-state index is -3.16. The van der Waals surface area contributed by atoms with Gasteiger partial charge in [-0.25, -0.2) is 4.79 Å². The fourth-order valence-corrected chi connectivity index (χ4v) is 3.27. The van der Waals surface area contributed by atoms with E-state index in [9.17, 15) is 14.2 Å². The van der Waals surface area contributed by atoms with Crippen LogP contribution in [0.15, 0.2) is 24.3 Å². The van der Waals surface area contributed by atoms with E-state index in [0.717, 1.165) is 12.0 Å². The van der Waals surface area contributed by atoms with E-state index in [1.165, 1.54) is 21.3 Å². The van der Waals surface area contributed by atoms with E-state index in [0.29, 0.717) is 5.56 Å². The number of carbonyl (C=O) groups excluding carboxylic acids is 2. The number of hydrogen-bond acceptors (Lipinski definition) is 6. The number of amides is 1. The molecule has 0 fully saturated rings. The molecule has 0 aromatic heterocycles. The quantitative estimate of drug-likeness (QED) is 0.530. The van der Waals surface area contributed by atoms with Crippen molar-refractivity contribution < 1.29 is 27.9 Å². The Morgan fingerprint density at radius 2 is 1.68 bits per heavy atom. The van der Waals surface area contributed by atoms with Gasteiger partial charge in [0, 0.05) is 19.8 Å². The standard InChI is InChI=1S/C17H26NO6P/c1-6-12(2)15(17(20)22-3)18-16(19)14-9-7-13(8-10-14)11-25(21,23-4)24-5/h7-10,12,15H,6,11H2,1-5H3,(H,18,19)/t12-,15+/m0/s1. The summed E-state index contributed by atoms with van der Waals surface area (Å²) in [4.78, 5) is 24.2. The number of rotatable bonds is 9.